The van der Waals surface area contributed by atoms with Crippen molar-refractivity contribution >= 4 is 17.5 Å². The fourth-order valence-corrected chi connectivity index (χ4v) is 2.42. The largest absolute Gasteiger partial charge is 0.370 e. The smallest absolute Gasteiger partial charge is 0.217 e. The van der Waals surface area contributed by atoms with Crippen molar-refractivity contribution in [2.24, 2.45) is 17.6 Å². The zero-order valence-corrected chi connectivity index (χ0v) is 10.2. The van der Waals surface area contributed by atoms with E-state index >= 15 is 0 Å². The van der Waals surface area contributed by atoms with Crippen LogP contribution in [0.3, 0.4) is 0 Å². The van der Waals surface area contributed by atoms with Crippen LogP contribution in [-0.2, 0) is 4.79 Å². The Morgan fingerprint density at radius 3 is 2.17 bits per heavy atom. The molecule has 1 unspecified atom stereocenters. The molecule has 1 aliphatic carbocycles. The van der Waals surface area contributed by atoms with E-state index in [4.69, 9.17) is 5.73 Å². The van der Waals surface area contributed by atoms with Crippen molar-refractivity contribution in [1.29, 1.82) is 0 Å². The Kier molecular flexibility index (Phi) is 3.28. The van der Waals surface area contributed by atoms with Gasteiger partial charge in [-0.15, -0.1) is 0 Å². The van der Waals surface area contributed by atoms with Crippen molar-refractivity contribution < 1.29 is 14.4 Å². The second-order valence-electron chi connectivity index (χ2n) is 4.73. The lowest BCUT2D eigenvalue weighted by atomic mass is 9.86. The monoisotopic (exact) mass is 245 g/mol. The molecule has 1 aromatic rings. The summed E-state index contributed by atoms with van der Waals surface area (Å²) in [5, 5.41) is 0. The van der Waals surface area contributed by atoms with Crippen molar-refractivity contribution in [3.63, 3.8) is 0 Å². The van der Waals surface area contributed by atoms with Gasteiger partial charge in [-0.05, 0) is 12.3 Å². The summed E-state index contributed by atoms with van der Waals surface area (Å²) in [4.78, 5) is 35.1. The molecule has 1 aromatic carbocycles. The summed E-state index contributed by atoms with van der Waals surface area (Å²) < 4.78 is 0. The van der Waals surface area contributed by atoms with Crippen LogP contribution in [0, 0.1) is 11.8 Å². The molecule has 0 aliphatic heterocycles. The van der Waals surface area contributed by atoms with E-state index in [1.165, 1.54) is 0 Å². The number of amides is 1. The number of carbonyl (C=O) groups is 3. The van der Waals surface area contributed by atoms with Crippen molar-refractivity contribution in [3.05, 3.63) is 35.4 Å². The van der Waals surface area contributed by atoms with Crippen LogP contribution in [0.1, 0.15) is 40.5 Å². The third kappa shape index (κ3) is 2.06. The molecule has 1 atom stereocenters. The Bertz CT molecular complexity index is 487. The van der Waals surface area contributed by atoms with Crippen LogP contribution in [0.25, 0.3) is 0 Å². The van der Waals surface area contributed by atoms with E-state index < -0.39 is 11.8 Å². The average molecular weight is 245 g/mol. The van der Waals surface area contributed by atoms with Gasteiger partial charge in [0, 0.05) is 17.5 Å². The molecule has 0 aromatic heterocycles. The normalized spacial score (nSPS) is 16.7. The van der Waals surface area contributed by atoms with E-state index in [1.807, 2.05) is 6.92 Å². The Balaban J connectivity index is 2.20. The molecular weight excluding hydrogens is 230 g/mol. The Labute approximate surface area is 105 Å². The molecule has 0 saturated heterocycles. The fraction of sp³-hybridized carbons (Fsp3) is 0.357. The minimum Gasteiger partial charge on any atom is -0.370 e. The number of fused-ring (bicyclic) bond motifs is 1. The van der Waals surface area contributed by atoms with Crippen LogP contribution in [0.15, 0.2) is 24.3 Å². The van der Waals surface area contributed by atoms with Crippen LogP contribution in [0.4, 0.5) is 0 Å². The Morgan fingerprint density at radius 2 is 1.72 bits per heavy atom. The minimum atomic E-state index is -0.651. The summed E-state index contributed by atoms with van der Waals surface area (Å²) in [5.41, 5.74) is 6.08. The standard InChI is InChI=1S/C14H15NO3/c1-8(6-7-11(15)16)12-13(17)9-4-2-3-5-10(9)14(12)18/h2-5,8,12H,6-7H2,1H3,(H2,15,16). The summed E-state index contributed by atoms with van der Waals surface area (Å²) in [7, 11) is 0. The Morgan fingerprint density at radius 1 is 1.22 bits per heavy atom. The lowest BCUT2D eigenvalue weighted by Crippen LogP contribution is -2.24. The van der Waals surface area contributed by atoms with Gasteiger partial charge in [0.1, 0.15) is 0 Å². The summed E-state index contributed by atoms with van der Waals surface area (Å²) in [6.45, 7) is 1.81. The maximum atomic E-state index is 12.2. The molecule has 18 heavy (non-hydrogen) atoms. The van der Waals surface area contributed by atoms with E-state index in [0.717, 1.165) is 0 Å². The maximum Gasteiger partial charge on any atom is 0.217 e. The van der Waals surface area contributed by atoms with Crippen LogP contribution in [0.2, 0.25) is 0 Å². The summed E-state index contributed by atoms with van der Waals surface area (Å²) in [5.74, 6) is -1.48. The first-order valence-electron chi connectivity index (χ1n) is 5.98. The van der Waals surface area contributed by atoms with E-state index in [2.05, 4.69) is 0 Å². The highest BCUT2D eigenvalue weighted by Gasteiger charge is 2.41. The fourth-order valence-electron chi connectivity index (χ4n) is 2.42. The number of Topliss-reactive ketones (excluding diaryl/α,β-unsaturated/α-hetero) is 2. The van der Waals surface area contributed by atoms with Gasteiger partial charge in [-0.2, -0.15) is 0 Å². The zero-order valence-electron chi connectivity index (χ0n) is 10.2. The number of primary amides is 1. The number of hydrogen-bond acceptors (Lipinski definition) is 3. The molecule has 94 valence electrons. The molecule has 0 heterocycles. The van der Waals surface area contributed by atoms with Gasteiger partial charge in [0.25, 0.3) is 0 Å². The molecule has 0 fully saturated rings. The highest BCUT2D eigenvalue weighted by atomic mass is 16.2. The predicted octanol–water partition coefficient (Wildman–Crippen LogP) is 1.58. The molecule has 2 N–H and O–H groups in total. The lowest BCUT2D eigenvalue weighted by Gasteiger charge is -2.15. The van der Waals surface area contributed by atoms with E-state index in [9.17, 15) is 14.4 Å². The van der Waals surface area contributed by atoms with Crippen molar-refractivity contribution in [2.45, 2.75) is 19.8 Å². The number of carbonyl (C=O) groups excluding carboxylic acids is 3. The van der Waals surface area contributed by atoms with Crippen molar-refractivity contribution in [2.75, 3.05) is 0 Å². The van der Waals surface area contributed by atoms with E-state index in [-0.39, 0.29) is 23.9 Å². The van der Waals surface area contributed by atoms with Crippen molar-refractivity contribution in [3.8, 4) is 0 Å². The van der Waals surface area contributed by atoms with Gasteiger partial charge in [0.05, 0.1) is 5.92 Å². The third-order valence-corrected chi connectivity index (χ3v) is 3.44. The third-order valence-electron chi connectivity index (χ3n) is 3.44. The first-order chi connectivity index (χ1) is 8.52. The second-order valence-corrected chi connectivity index (χ2v) is 4.73. The molecule has 2 rings (SSSR count). The molecule has 4 nitrogen and oxygen atoms in total. The van der Waals surface area contributed by atoms with Crippen LogP contribution in [-0.4, -0.2) is 17.5 Å². The Hall–Kier alpha value is -1.97. The summed E-state index contributed by atoms with van der Waals surface area (Å²) in [6, 6.07) is 6.85. The number of rotatable bonds is 4. The first kappa shape index (κ1) is 12.5. The molecule has 1 amide bonds. The van der Waals surface area contributed by atoms with Gasteiger partial charge >= 0.3 is 0 Å². The van der Waals surface area contributed by atoms with Crippen LogP contribution >= 0.6 is 0 Å². The molecule has 0 spiro atoms. The van der Waals surface area contributed by atoms with Gasteiger partial charge in [0.15, 0.2) is 11.6 Å². The molecule has 4 heteroatoms. The first-order valence-corrected chi connectivity index (χ1v) is 5.98. The van der Waals surface area contributed by atoms with Gasteiger partial charge in [-0.1, -0.05) is 31.2 Å². The van der Waals surface area contributed by atoms with Gasteiger partial charge in [-0.3, -0.25) is 14.4 Å². The van der Waals surface area contributed by atoms with E-state index in [1.54, 1.807) is 24.3 Å². The molecule has 0 bridgehead atoms. The van der Waals surface area contributed by atoms with Crippen molar-refractivity contribution in [1.82, 2.24) is 0 Å². The number of benzene rings is 1. The van der Waals surface area contributed by atoms with Gasteiger partial charge in [0.2, 0.25) is 5.91 Å². The second kappa shape index (κ2) is 4.72. The highest BCUT2D eigenvalue weighted by Crippen LogP contribution is 2.33. The topological polar surface area (TPSA) is 77.2 Å². The molecular formula is C14H15NO3. The predicted molar refractivity (Wildman–Crippen MR) is 66.2 cm³/mol. The van der Waals surface area contributed by atoms with E-state index in [0.29, 0.717) is 17.5 Å². The highest BCUT2D eigenvalue weighted by molar-refractivity contribution is 6.26. The number of ketones is 2. The number of hydrogen-bond donors (Lipinski definition) is 1. The summed E-state index contributed by atoms with van der Waals surface area (Å²) in [6.07, 6.45) is 0.667. The minimum absolute atomic E-state index is 0.132. The average Bonchev–Trinajstić information content (AvgIpc) is 2.60. The zero-order chi connectivity index (χ0) is 13.3. The SMILES string of the molecule is CC(CCC(N)=O)C1C(=O)c2ccccc2C1=O. The summed E-state index contributed by atoms with van der Waals surface area (Å²) >= 11 is 0. The quantitative estimate of drug-likeness (QED) is 0.818. The molecule has 0 radical (unpaired) electrons. The van der Waals surface area contributed by atoms with Gasteiger partial charge < -0.3 is 5.73 Å². The molecule has 0 saturated carbocycles. The van der Waals surface area contributed by atoms with Gasteiger partial charge in [-0.25, -0.2) is 0 Å². The lowest BCUT2D eigenvalue weighted by molar-refractivity contribution is -0.118. The maximum absolute atomic E-state index is 12.2. The van der Waals surface area contributed by atoms with Crippen LogP contribution < -0.4 is 5.73 Å². The van der Waals surface area contributed by atoms with Crippen LogP contribution in [0.5, 0.6) is 0 Å². The molecule has 1 aliphatic rings. The number of nitrogens with two attached hydrogens (primary N) is 1.